The molecule has 1 aliphatic rings. The van der Waals surface area contributed by atoms with Crippen molar-refractivity contribution in [1.29, 1.82) is 5.26 Å². The molecule has 0 bridgehead atoms. The lowest BCUT2D eigenvalue weighted by molar-refractivity contribution is 0.0994. The van der Waals surface area contributed by atoms with E-state index in [0.29, 0.717) is 17.5 Å². The van der Waals surface area contributed by atoms with Crippen molar-refractivity contribution in [3.8, 4) is 6.07 Å². The Hall–Kier alpha value is -0.890. The Kier molecular flexibility index (Phi) is 2.08. The van der Waals surface area contributed by atoms with Crippen molar-refractivity contribution >= 4 is 28.4 Å². The molecule has 3 heteroatoms. The largest absolute Gasteiger partial charge is 0.294 e. The van der Waals surface area contributed by atoms with Crippen molar-refractivity contribution in [2.24, 2.45) is 0 Å². The SMILES string of the molecule is N#Cc1c(I)ccc2c1C(=O)CC2. The molecule has 0 saturated heterocycles. The van der Waals surface area contributed by atoms with E-state index in [1.807, 2.05) is 12.1 Å². The van der Waals surface area contributed by atoms with E-state index in [0.717, 1.165) is 15.6 Å². The minimum atomic E-state index is 0.116. The smallest absolute Gasteiger partial charge is 0.164 e. The molecule has 1 aromatic carbocycles. The standard InChI is InChI=1S/C10H6INO/c11-8-3-1-6-2-4-9(13)10(6)7(8)5-12/h1,3H,2,4H2. The van der Waals surface area contributed by atoms with Gasteiger partial charge in [-0.3, -0.25) is 4.79 Å². The summed E-state index contributed by atoms with van der Waals surface area (Å²) >= 11 is 2.09. The third-order valence-corrected chi connectivity index (χ3v) is 3.15. The Morgan fingerprint density at radius 1 is 1.38 bits per heavy atom. The summed E-state index contributed by atoms with van der Waals surface area (Å²) < 4.78 is 0.870. The molecule has 0 atom stereocenters. The van der Waals surface area contributed by atoms with Gasteiger partial charge >= 0.3 is 0 Å². The van der Waals surface area contributed by atoms with Gasteiger partial charge in [-0.15, -0.1) is 0 Å². The maximum absolute atomic E-state index is 11.4. The molecule has 1 aliphatic carbocycles. The van der Waals surface area contributed by atoms with Crippen molar-refractivity contribution in [2.75, 3.05) is 0 Å². The van der Waals surface area contributed by atoms with E-state index in [9.17, 15) is 4.79 Å². The fourth-order valence-electron chi connectivity index (χ4n) is 1.63. The number of nitrogens with zero attached hydrogens (tertiary/aromatic N) is 1. The maximum atomic E-state index is 11.4. The van der Waals surface area contributed by atoms with Crippen LogP contribution in [0.15, 0.2) is 12.1 Å². The van der Waals surface area contributed by atoms with E-state index < -0.39 is 0 Å². The zero-order chi connectivity index (χ0) is 9.42. The minimum Gasteiger partial charge on any atom is -0.294 e. The third-order valence-electron chi connectivity index (χ3n) is 2.25. The minimum absolute atomic E-state index is 0.116. The molecule has 0 amide bonds. The summed E-state index contributed by atoms with van der Waals surface area (Å²) in [5.74, 6) is 0.116. The molecule has 0 unspecified atom stereocenters. The van der Waals surface area contributed by atoms with E-state index in [1.54, 1.807) is 0 Å². The van der Waals surface area contributed by atoms with Gasteiger partial charge in [-0.1, -0.05) is 6.07 Å². The number of aryl methyl sites for hydroxylation is 1. The van der Waals surface area contributed by atoms with Crippen molar-refractivity contribution in [3.05, 3.63) is 32.4 Å². The van der Waals surface area contributed by atoms with Crippen LogP contribution in [-0.4, -0.2) is 5.78 Å². The third kappa shape index (κ3) is 1.25. The van der Waals surface area contributed by atoms with Gasteiger partial charge in [0, 0.05) is 15.6 Å². The number of Topliss-reactive ketones (excluding diaryl/α,β-unsaturated/α-hetero) is 1. The van der Waals surface area contributed by atoms with Gasteiger partial charge in [0.2, 0.25) is 0 Å². The van der Waals surface area contributed by atoms with E-state index in [4.69, 9.17) is 5.26 Å². The molecule has 0 aliphatic heterocycles. The predicted molar refractivity (Wildman–Crippen MR) is 56.5 cm³/mol. The zero-order valence-electron chi connectivity index (χ0n) is 6.80. The summed E-state index contributed by atoms with van der Waals surface area (Å²) in [5.41, 5.74) is 2.25. The summed E-state index contributed by atoms with van der Waals surface area (Å²) in [5, 5.41) is 8.89. The Balaban J connectivity index is 2.76. The first-order chi connectivity index (χ1) is 6.24. The lowest BCUT2D eigenvalue weighted by Crippen LogP contribution is -1.98. The van der Waals surface area contributed by atoms with E-state index >= 15 is 0 Å². The van der Waals surface area contributed by atoms with Gasteiger partial charge in [-0.2, -0.15) is 5.26 Å². The van der Waals surface area contributed by atoms with Crippen LogP contribution < -0.4 is 0 Å². The summed E-state index contributed by atoms with van der Waals surface area (Å²) in [4.78, 5) is 11.4. The molecule has 2 nitrogen and oxygen atoms in total. The highest BCUT2D eigenvalue weighted by Crippen LogP contribution is 2.27. The normalized spacial score (nSPS) is 14.0. The number of hydrogen-bond donors (Lipinski definition) is 0. The number of ketones is 1. The molecular formula is C10H6INO. The number of carbonyl (C=O) groups excluding carboxylic acids is 1. The molecule has 2 rings (SSSR count). The first-order valence-corrected chi connectivity index (χ1v) is 5.06. The maximum Gasteiger partial charge on any atom is 0.164 e. The number of halogens is 1. The second kappa shape index (κ2) is 3.11. The highest BCUT2D eigenvalue weighted by atomic mass is 127. The van der Waals surface area contributed by atoms with Crippen molar-refractivity contribution < 1.29 is 4.79 Å². The van der Waals surface area contributed by atoms with Crippen LogP contribution in [0, 0.1) is 14.9 Å². The molecular weight excluding hydrogens is 277 g/mol. The zero-order valence-corrected chi connectivity index (χ0v) is 8.96. The first-order valence-electron chi connectivity index (χ1n) is 3.98. The molecule has 0 aromatic heterocycles. The second-order valence-corrected chi connectivity index (χ2v) is 4.15. The Labute approximate surface area is 89.7 Å². The van der Waals surface area contributed by atoms with Gasteiger partial charge < -0.3 is 0 Å². The van der Waals surface area contributed by atoms with E-state index in [1.165, 1.54) is 0 Å². The Morgan fingerprint density at radius 2 is 2.15 bits per heavy atom. The van der Waals surface area contributed by atoms with Crippen LogP contribution in [0.5, 0.6) is 0 Å². The lowest BCUT2D eigenvalue weighted by atomic mass is 10.0. The quantitative estimate of drug-likeness (QED) is 0.685. The van der Waals surface area contributed by atoms with Crippen LogP contribution in [0.25, 0.3) is 0 Å². The number of nitriles is 1. The molecule has 0 fully saturated rings. The van der Waals surface area contributed by atoms with E-state index in [-0.39, 0.29) is 5.78 Å². The van der Waals surface area contributed by atoms with Crippen LogP contribution in [0.3, 0.4) is 0 Å². The number of fused-ring (bicyclic) bond motifs is 1. The number of hydrogen-bond acceptors (Lipinski definition) is 2. The molecule has 1 aromatic rings. The highest BCUT2D eigenvalue weighted by molar-refractivity contribution is 14.1. The summed E-state index contributed by atoms with van der Waals surface area (Å²) in [6.45, 7) is 0. The fraction of sp³-hybridized carbons (Fsp3) is 0.200. The van der Waals surface area contributed by atoms with Gasteiger partial charge in [0.15, 0.2) is 5.78 Å². The van der Waals surface area contributed by atoms with E-state index in [2.05, 4.69) is 28.7 Å². The van der Waals surface area contributed by atoms with Gasteiger partial charge in [0.05, 0.1) is 5.56 Å². The number of carbonyl (C=O) groups is 1. The Morgan fingerprint density at radius 3 is 2.85 bits per heavy atom. The highest BCUT2D eigenvalue weighted by Gasteiger charge is 2.24. The van der Waals surface area contributed by atoms with Crippen LogP contribution in [-0.2, 0) is 6.42 Å². The van der Waals surface area contributed by atoms with Gasteiger partial charge in [0.25, 0.3) is 0 Å². The first kappa shape index (κ1) is 8.70. The molecule has 0 saturated carbocycles. The fourth-order valence-corrected chi connectivity index (χ4v) is 2.20. The molecule has 64 valence electrons. The van der Waals surface area contributed by atoms with Gasteiger partial charge in [0.1, 0.15) is 6.07 Å². The summed E-state index contributed by atoms with van der Waals surface area (Å²) in [6, 6.07) is 5.94. The summed E-state index contributed by atoms with van der Waals surface area (Å²) in [6.07, 6.45) is 1.35. The molecule has 13 heavy (non-hydrogen) atoms. The van der Waals surface area contributed by atoms with Crippen molar-refractivity contribution in [1.82, 2.24) is 0 Å². The molecule has 0 heterocycles. The van der Waals surface area contributed by atoms with Crippen molar-refractivity contribution in [3.63, 3.8) is 0 Å². The predicted octanol–water partition coefficient (Wildman–Crippen LogP) is 2.29. The number of rotatable bonds is 0. The second-order valence-electron chi connectivity index (χ2n) is 2.99. The van der Waals surface area contributed by atoms with Crippen molar-refractivity contribution in [2.45, 2.75) is 12.8 Å². The summed E-state index contributed by atoms with van der Waals surface area (Å²) in [7, 11) is 0. The average molecular weight is 283 g/mol. The molecule has 0 radical (unpaired) electrons. The van der Waals surface area contributed by atoms with Crippen LogP contribution in [0.4, 0.5) is 0 Å². The molecule has 0 N–H and O–H groups in total. The number of benzene rings is 1. The van der Waals surface area contributed by atoms with Gasteiger partial charge in [-0.05, 0) is 40.6 Å². The Bertz CT molecular complexity index is 431. The average Bonchev–Trinajstić information content (AvgIpc) is 2.49. The van der Waals surface area contributed by atoms with Gasteiger partial charge in [-0.25, -0.2) is 0 Å². The van der Waals surface area contributed by atoms with Crippen LogP contribution in [0.1, 0.15) is 27.9 Å². The molecule has 0 spiro atoms. The monoisotopic (exact) mass is 283 g/mol. The topological polar surface area (TPSA) is 40.9 Å². The lowest BCUT2D eigenvalue weighted by Gasteiger charge is -2.01. The van der Waals surface area contributed by atoms with Crippen LogP contribution in [0.2, 0.25) is 0 Å². The van der Waals surface area contributed by atoms with Crippen LogP contribution >= 0.6 is 22.6 Å².